The molecule has 3 aromatic rings. The van der Waals surface area contributed by atoms with Crippen LogP contribution >= 0.6 is 11.8 Å². The molecule has 11 heteroatoms. The molecule has 0 bridgehead atoms. The normalized spacial score (nSPS) is 17.8. The van der Waals surface area contributed by atoms with E-state index < -0.39 is 40.9 Å². The molecule has 1 fully saturated rings. The molecule has 1 unspecified atom stereocenters. The quantitative estimate of drug-likeness (QED) is 0.213. The largest absolute Gasteiger partial charge is 0.494 e. The summed E-state index contributed by atoms with van der Waals surface area (Å²) in [4.78, 5) is 16.5. The third kappa shape index (κ3) is 6.49. The number of rotatable bonds is 9. The Morgan fingerprint density at radius 1 is 1.07 bits per heavy atom. The number of thioether (sulfide) groups is 1. The molecule has 2 aromatic carbocycles. The minimum atomic E-state index is -4.77. The second-order valence-corrected chi connectivity index (χ2v) is 12.4. The van der Waals surface area contributed by atoms with E-state index in [-0.39, 0.29) is 22.9 Å². The van der Waals surface area contributed by atoms with E-state index in [1.165, 1.54) is 43.8 Å². The molecule has 5 rings (SSSR count). The highest BCUT2D eigenvalue weighted by atomic mass is 32.2. The molecule has 43 heavy (non-hydrogen) atoms. The van der Waals surface area contributed by atoms with Gasteiger partial charge in [0.05, 0.1) is 29.3 Å². The highest BCUT2D eigenvalue weighted by molar-refractivity contribution is 7.99. The Hall–Kier alpha value is -2.89. The fraction of sp³-hybridized carbons (Fsp3) is 0.469. The summed E-state index contributed by atoms with van der Waals surface area (Å²) in [5, 5.41) is 3.94. The molecule has 0 aliphatic carbocycles. The van der Waals surface area contributed by atoms with E-state index in [0.29, 0.717) is 28.5 Å². The van der Waals surface area contributed by atoms with Crippen molar-refractivity contribution >= 4 is 11.8 Å². The van der Waals surface area contributed by atoms with Crippen molar-refractivity contribution in [2.45, 2.75) is 50.4 Å². The van der Waals surface area contributed by atoms with Gasteiger partial charge in [-0.2, -0.15) is 13.2 Å². The molecule has 1 aromatic heterocycles. The van der Waals surface area contributed by atoms with E-state index in [1.54, 1.807) is 17.6 Å². The molecule has 0 saturated carbocycles. The molecule has 1 saturated heterocycles. The van der Waals surface area contributed by atoms with Crippen LogP contribution in [0.5, 0.6) is 5.75 Å². The van der Waals surface area contributed by atoms with Gasteiger partial charge in [0.2, 0.25) is 0 Å². The number of benzene rings is 2. The Bertz CT molecular complexity index is 1530. The zero-order valence-electron chi connectivity index (χ0n) is 24.5. The zero-order chi connectivity index (χ0) is 30.9. The summed E-state index contributed by atoms with van der Waals surface area (Å²) in [5.74, 6) is -0.544. The first-order valence-electron chi connectivity index (χ1n) is 14.5. The van der Waals surface area contributed by atoms with Crippen LogP contribution in [0.25, 0.3) is 11.1 Å². The van der Waals surface area contributed by atoms with Gasteiger partial charge in [-0.25, -0.2) is 8.78 Å². The molecule has 2 aliphatic heterocycles. The third-order valence-electron chi connectivity index (χ3n) is 8.61. The fourth-order valence-corrected chi connectivity index (χ4v) is 7.46. The van der Waals surface area contributed by atoms with Crippen molar-refractivity contribution in [3.8, 4) is 16.9 Å². The molecule has 5 nitrogen and oxygen atoms in total. The average molecular weight is 622 g/mol. The van der Waals surface area contributed by atoms with E-state index in [9.17, 15) is 18.0 Å². The van der Waals surface area contributed by atoms with E-state index in [2.05, 4.69) is 17.1 Å². The van der Waals surface area contributed by atoms with Gasteiger partial charge in [-0.15, -0.1) is 11.8 Å². The van der Waals surface area contributed by atoms with Crippen molar-refractivity contribution in [2.24, 2.45) is 5.92 Å². The number of piperidine rings is 1. The van der Waals surface area contributed by atoms with Gasteiger partial charge in [0.1, 0.15) is 5.82 Å². The Kier molecular flexibility index (Phi) is 9.53. The maximum atomic E-state index is 15.6. The van der Waals surface area contributed by atoms with Crippen molar-refractivity contribution < 1.29 is 26.7 Å². The Labute approximate surface area is 252 Å². The van der Waals surface area contributed by atoms with Gasteiger partial charge in [-0.3, -0.25) is 9.36 Å². The minimum Gasteiger partial charge on any atom is -0.494 e. The van der Waals surface area contributed by atoms with Crippen molar-refractivity contribution in [2.75, 3.05) is 45.6 Å². The maximum Gasteiger partial charge on any atom is 0.416 e. The number of likely N-dealkylation sites (tertiary alicyclic amines) is 1. The van der Waals surface area contributed by atoms with E-state index in [0.717, 1.165) is 50.3 Å². The van der Waals surface area contributed by atoms with Crippen molar-refractivity contribution in [3.63, 3.8) is 0 Å². The summed E-state index contributed by atoms with van der Waals surface area (Å²) < 4.78 is 79.1. The molecule has 0 spiro atoms. The van der Waals surface area contributed by atoms with Gasteiger partial charge >= 0.3 is 6.18 Å². The Morgan fingerprint density at radius 3 is 2.49 bits per heavy atom. The van der Waals surface area contributed by atoms with Crippen LogP contribution in [0.2, 0.25) is 0 Å². The van der Waals surface area contributed by atoms with Crippen molar-refractivity contribution in [1.29, 1.82) is 0 Å². The number of fused-ring (bicyclic) bond motifs is 1. The first-order chi connectivity index (χ1) is 20.5. The molecular formula is C32H36F5N3O2S. The summed E-state index contributed by atoms with van der Waals surface area (Å²) in [6.45, 7) is 8.02. The van der Waals surface area contributed by atoms with Gasteiger partial charge in [-0.05, 0) is 68.1 Å². The number of hydrogen-bond acceptors (Lipinski definition) is 5. The van der Waals surface area contributed by atoms with Gasteiger partial charge in [0.15, 0.2) is 11.6 Å². The van der Waals surface area contributed by atoms with Crippen LogP contribution in [0.3, 0.4) is 0 Å². The molecule has 232 valence electrons. The minimum absolute atomic E-state index is 0.00841. The lowest BCUT2D eigenvalue weighted by atomic mass is 9.92. The number of methoxy groups -OCH3 is 1. The van der Waals surface area contributed by atoms with Crippen molar-refractivity contribution in [3.05, 3.63) is 80.6 Å². The molecule has 1 N–H and O–H groups in total. The van der Waals surface area contributed by atoms with E-state index in [1.807, 2.05) is 0 Å². The highest BCUT2D eigenvalue weighted by Gasteiger charge is 2.37. The van der Waals surface area contributed by atoms with Crippen molar-refractivity contribution in [1.82, 2.24) is 14.8 Å². The standard InChI is InChI=1S/C32H36F5N3O2S/c1-19-10-13-39(14-11-19)15-12-38-17-21-18-43-31-23(16-24-25(32(35,36)37)7-5-8-26(24)33)20(2)28(30(41)40(21)31)22-6-4-9-27(42-3)29(22)34/h4-9,19,21,38H,10-18H2,1-3H3. The molecule has 0 radical (unpaired) electrons. The van der Waals surface area contributed by atoms with Gasteiger partial charge in [0.25, 0.3) is 5.56 Å². The summed E-state index contributed by atoms with van der Waals surface area (Å²) in [6, 6.07) is 7.02. The third-order valence-corrected chi connectivity index (χ3v) is 9.87. The maximum absolute atomic E-state index is 15.6. The molecular weight excluding hydrogens is 585 g/mol. The second-order valence-electron chi connectivity index (χ2n) is 11.4. The molecule has 2 aliphatic rings. The van der Waals surface area contributed by atoms with Crippen LogP contribution in [0, 0.1) is 24.5 Å². The monoisotopic (exact) mass is 621 g/mol. The van der Waals surface area contributed by atoms with Crippen LogP contribution in [0.15, 0.2) is 46.2 Å². The lowest BCUT2D eigenvalue weighted by molar-refractivity contribution is -0.138. The van der Waals surface area contributed by atoms with Gasteiger partial charge in [0, 0.05) is 42.9 Å². The van der Waals surface area contributed by atoms with Crippen LogP contribution in [0.4, 0.5) is 22.0 Å². The second kappa shape index (κ2) is 13.0. The molecule has 1 atom stereocenters. The lowest BCUT2D eigenvalue weighted by Gasteiger charge is -2.30. The number of hydrogen-bond donors (Lipinski definition) is 1. The van der Waals surface area contributed by atoms with Crippen LogP contribution in [-0.2, 0) is 12.6 Å². The highest BCUT2D eigenvalue weighted by Crippen LogP contribution is 2.42. The number of alkyl halides is 3. The Morgan fingerprint density at radius 2 is 1.79 bits per heavy atom. The Balaban J connectivity index is 1.54. The summed E-state index contributed by atoms with van der Waals surface area (Å²) in [6.07, 6.45) is -2.83. The predicted octanol–water partition coefficient (Wildman–Crippen LogP) is 6.69. The number of nitrogens with one attached hydrogen (secondary N) is 1. The average Bonchev–Trinajstić information content (AvgIpc) is 3.39. The number of halogens is 5. The molecule has 0 amide bonds. The summed E-state index contributed by atoms with van der Waals surface area (Å²) in [7, 11) is 1.32. The lowest BCUT2D eigenvalue weighted by Crippen LogP contribution is -2.39. The van der Waals surface area contributed by atoms with E-state index in [4.69, 9.17) is 4.74 Å². The van der Waals surface area contributed by atoms with Crippen LogP contribution < -0.4 is 15.6 Å². The first kappa shape index (κ1) is 31.5. The number of aromatic nitrogens is 1. The number of ether oxygens (including phenoxy) is 1. The SMILES string of the molecule is COc1cccc(-c2c(C)c(Cc3c(F)cccc3C(F)(F)F)c3n(c2=O)C(CNCCN2CCC(C)CC2)CS3)c1F. The van der Waals surface area contributed by atoms with E-state index >= 15 is 8.78 Å². The molecule has 3 heterocycles. The fourth-order valence-electron chi connectivity index (χ4n) is 6.08. The number of nitrogens with zero attached hydrogens (tertiary/aromatic N) is 2. The van der Waals surface area contributed by atoms with Gasteiger partial charge in [-0.1, -0.05) is 25.1 Å². The number of pyridine rings is 1. The zero-order valence-corrected chi connectivity index (χ0v) is 25.3. The summed E-state index contributed by atoms with van der Waals surface area (Å²) in [5.41, 5.74) is -1.29. The predicted molar refractivity (Wildman–Crippen MR) is 159 cm³/mol. The van der Waals surface area contributed by atoms with Crippen LogP contribution in [0.1, 0.15) is 48.1 Å². The smallest absolute Gasteiger partial charge is 0.416 e. The van der Waals surface area contributed by atoms with Crippen LogP contribution in [-0.4, -0.2) is 55.1 Å². The first-order valence-corrected chi connectivity index (χ1v) is 15.5. The summed E-state index contributed by atoms with van der Waals surface area (Å²) >= 11 is 1.36. The topological polar surface area (TPSA) is 46.5 Å². The van der Waals surface area contributed by atoms with Gasteiger partial charge < -0.3 is 15.0 Å².